The number of fused-ring (bicyclic) bond motifs is 1. The number of aryl methyl sites for hydroxylation is 1. The van der Waals surface area contributed by atoms with Gasteiger partial charge in [-0.05, 0) is 17.9 Å². The summed E-state index contributed by atoms with van der Waals surface area (Å²) in [6.45, 7) is 2.79. The molecule has 3 nitrogen and oxygen atoms in total. The smallest absolute Gasteiger partial charge is 0.261 e. The molecule has 0 fully saturated rings. The Labute approximate surface area is 109 Å². The van der Waals surface area contributed by atoms with E-state index in [0.29, 0.717) is 22.5 Å². The van der Waals surface area contributed by atoms with E-state index in [1.807, 2.05) is 0 Å². The van der Waals surface area contributed by atoms with Crippen molar-refractivity contribution in [3.05, 3.63) is 39.9 Å². The topological polar surface area (TPSA) is 34.9 Å². The molecule has 1 heterocycles. The molecule has 0 aliphatic carbocycles. The van der Waals surface area contributed by atoms with Crippen LogP contribution < -0.4 is 5.56 Å². The highest BCUT2D eigenvalue weighted by Crippen LogP contribution is 2.17. The number of hydrogen-bond donors (Lipinski definition) is 0. The van der Waals surface area contributed by atoms with Crippen molar-refractivity contribution < 1.29 is 0 Å². The lowest BCUT2D eigenvalue weighted by molar-refractivity contribution is 0.725. The maximum atomic E-state index is 12.1. The second-order valence-corrected chi connectivity index (χ2v) is 5.38. The summed E-state index contributed by atoms with van der Waals surface area (Å²) in [5.74, 6) is 1.98. The summed E-state index contributed by atoms with van der Waals surface area (Å²) in [6.07, 6.45) is 1.58. The predicted octanol–water partition coefficient (Wildman–Crippen LogP) is 2.80. The quantitative estimate of drug-likeness (QED) is 0.800. The zero-order valence-electron chi connectivity index (χ0n) is 9.52. The van der Waals surface area contributed by atoms with Gasteiger partial charge in [0, 0.05) is 12.3 Å². The molecule has 0 N–H and O–H groups in total. The standard InChI is InChI=1S/C12H13ClN2OS/c1-2-17-7-6-15-8-14-11-9(12(15)16)4-3-5-10(11)13/h3-5,8H,2,6-7H2,1H3. The van der Waals surface area contributed by atoms with Gasteiger partial charge in [0.15, 0.2) is 0 Å². The first-order valence-electron chi connectivity index (χ1n) is 5.45. The molecule has 1 aromatic carbocycles. The van der Waals surface area contributed by atoms with E-state index >= 15 is 0 Å². The number of rotatable bonds is 4. The Bertz CT molecular complexity index is 582. The van der Waals surface area contributed by atoms with Crippen molar-refractivity contribution >= 4 is 34.3 Å². The van der Waals surface area contributed by atoms with E-state index in [-0.39, 0.29) is 5.56 Å². The van der Waals surface area contributed by atoms with Crippen LogP contribution in [0.3, 0.4) is 0 Å². The van der Waals surface area contributed by atoms with Gasteiger partial charge in [-0.3, -0.25) is 9.36 Å². The van der Waals surface area contributed by atoms with Crippen LogP contribution in [0.15, 0.2) is 29.3 Å². The summed E-state index contributed by atoms with van der Waals surface area (Å²) >= 11 is 7.80. The highest BCUT2D eigenvalue weighted by molar-refractivity contribution is 7.99. The van der Waals surface area contributed by atoms with Gasteiger partial charge in [0.05, 0.1) is 22.3 Å². The van der Waals surface area contributed by atoms with Crippen LogP contribution in [0, 0.1) is 0 Å². The van der Waals surface area contributed by atoms with E-state index in [1.54, 1.807) is 40.9 Å². The average Bonchev–Trinajstić information content (AvgIpc) is 2.33. The van der Waals surface area contributed by atoms with Gasteiger partial charge in [-0.15, -0.1) is 0 Å². The molecule has 90 valence electrons. The third-order valence-corrected chi connectivity index (χ3v) is 3.67. The normalized spacial score (nSPS) is 10.9. The van der Waals surface area contributed by atoms with Crippen LogP contribution in [0.4, 0.5) is 0 Å². The molecule has 17 heavy (non-hydrogen) atoms. The summed E-state index contributed by atoms with van der Waals surface area (Å²) in [6, 6.07) is 5.28. The van der Waals surface area contributed by atoms with E-state index < -0.39 is 0 Å². The Morgan fingerprint density at radius 3 is 3.06 bits per heavy atom. The maximum absolute atomic E-state index is 12.1. The summed E-state index contributed by atoms with van der Waals surface area (Å²) in [4.78, 5) is 16.4. The van der Waals surface area contributed by atoms with Crippen LogP contribution in [0.2, 0.25) is 5.02 Å². The van der Waals surface area contributed by atoms with Crippen LogP contribution in [0.5, 0.6) is 0 Å². The number of halogens is 1. The lowest BCUT2D eigenvalue weighted by Gasteiger charge is -2.06. The number of aromatic nitrogens is 2. The summed E-state index contributed by atoms with van der Waals surface area (Å²) < 4.78 is 1.64. The SMILES string of the molecule is CCSCCn1cnc2c(Cl)cccc2c1=O. The fourth-order valence-corrected chi connectivity index (χ4v) is 2.46. The van der Waals surface area contributed by atoms with Gasteiger partial charge in [0.25, 0.3) is 5.56 Å². The van der Waals surface area contributed by atoms with E-state index in [4.69, 9.17) is 11.6 Å². The molecule has 0 amide bonds. The average molecular weight is 269 g/mol. The summed E-state index contributed by atoms with van der Waals surface area (Å²) in [5, 5.41) is 1.11. The van der Waals surface area contributed by atoms with Crippen molar-refractivity contribution in [1.82, 2.24) is 9.55 Å². The van der Waals surface area contributed by atoms with Crippen LogP contribution in [0.1, 0.15) is 6.92 Å². The van der Waals surface area contributed by atoms with Gasteiger partial charge >= 0.3 is 0 Å². The van der Waals surface area contributed by atoms with Crippen molar-refractivity contribution in [2.45, 2.75) is 13.5 Å². The number of para-hydroxylation sites is 1. The minimum atomic E-state index is -0.0193. The Balaban J connectivity index is 2.41. The van der Waals surface area contributed by atoms with Crippen LogP contribution in [-0.2, 0) is 6.54 Å². The molecule has 2 aromatic rings. The largest absolute Gasteiger partial charge is 0.298 e. The van der Waals surface area contributed by atoms with Crippen LogP contribution in [0.25, 0.3) is 10.9 Å². The second kappa shape index (κ2) is 5.56. The van der Waals surface area contributed by atoms with Gasteiger partial charge in [-0.25, -0.2) is 4.98 Å². The van der Waals surface area contributed by atoms with E-state index in [1.165, 1.54) is 0 Å². The van der Waals surface area contributed by atoms with Crippen molar-refractivity contribution in [3.8, 4) is 0 Å². The third kappa shape index (κ3) is 2.64. The fourth-order valence-electron chi connectivity index (χ4n) is 1.62. The Morgan fingerprint density at radius 2 is 2.29 bits per heavy atom. The lowest BCUT2D eigenvalue weighted by atomic mass is 10.2. The first kappa shape index (κ1) is 12.5. The van der Waals surface area contributed by atoms with Crippen LogP contribution >= 0.6 is 23.4 Å². The molecular formula is C12H13ClN2OS. The van der Waals surface area contributed by atoms with E-state index in [2.05, 4.69) is 11.9 Å². The number of nitrogens with zero attached hydrogens (tertiary/aromatic N) is 2. The number of thioether (sulfide) groups is 1. The zero-order valence-corrected chi connectivity index (χ0v) is 11.1. The van der Waals surface area contributed by atoms with Crippen molar-refractivity contribution in [1.29, 1.82) is 0 Å². The van der Waals surface area contributed by atoms with Crippen LogP contribution in [-0.4, -0.2) is 21.1 Å². The third-order valence-electron chi connectivity index (χ3n) is 2.48. The molecule has 0 unspecified atom stereocenters. The van der Waals surface area contributed by atoms with Gasteiger partial charge < -0.3 is 0 Å². The molecule has 0 saturated heterocycles. The summed E-state index contributed by atoms with van der Waals surface area (Å²) in [5.41, 5.74) is 0.563. The molecule has 0 saturated carbocycles. The molecule has 0 spiro atoms. The Kier molecular flexibility index (Phi) is 4.07. The molecule has 0 radical (unpaired) electrons. The number of benzene rings is 1. The minimum Gasteiger partial charge on any atom is -0.298 e. The van der Waals surface area contributed by atoms with Gasteiger partial charge in [0.1, 0.15) is 0 Å². The molecule has 0 aliphatic rings. The Morgan fingerprint density at radius 1 is 1.47 bits per heavy atom. The molecule has 1 aromatic heterocycles. The van der Waals surface area contributed by atoms with Gasteiger partial charge in [-0.2, -0.15) is 11.8 Å². The first-order chi connectivity index (χ1) is 8.24. The summed E-state index contributed by atoms with van der Waals surface area (Å²) in [7, 11) is 0. The van der Waals surface area contributed by atoms with Crippen molar-refractivity contribution in [2.75, 3.05) is 11.5 Å². The highest BCUT2D eigenvalue weighted by Gasteiger charge is 2.06. The molecular weight excluding hydrogens is 256 g/mol. The maximum Gasteiger partial charge on any atom is 0.261 e. The fraction of sp³-hybridized carbons (Fsp3) is 0.333. The predicted molar refractivity (Wildman–Crippen MR) is 74.0 cm³/mol. The number of hydrogen-bond acceptors (Lipinski definition) is 3. The lowest BCUT2D eigenvalue weighted by Crippen LogP contribution is -2.21. The molecule has 2 rings (SSSR count). The molecule has 0 aliphatic heterocycles. The van der Waals surface area contributed by atoms with E-state index in [9.17, 15) is 4.79 Å². The van der Waals surface area contributed by atoms with Gasteiger partial charge in [-0.1, -0.05) is 24.6 Å². The zero-order chi connectivity index (χ0) is 12.3. The van der Waals surface area contributed by atoms with Crippen molar-refractivity contribution in [3.63, 3.8) is 0 Å². The first-order valence-corrected chi connectivity index (χ1v) is 6.98. The monoisotopic (exact) mass is 268 g/mol. The molecule has 5 heteroatoms. The second-order valence-electron chi connectivity index (χ2n) is 3.58. The highest BCUT2D eigenvalue weighted by atomic mass is 35.5. The van der Waals surface area contributed by atoms with Crippen molar-refractivity contribution in [2.24, 2.45) is 0 Å². The molecule has 0 atom stereocenters. The van der Waals surface area contributed by atoms with Gasteiger partial charge in [0.2, 0.25) is 0 Å². The minimum absolute atomic E-state index is 0.0193. The Hall–Kier alpha value is -1.00. The molecule has 0 bridgehead atoms. The van der Waals surface area contributed by atoms with E-state index in [0.717, 1.165) is 11.5 Å².